The summed E-state index contributed by atoms with van der Waals surface area (Å²) in [6, 6.07) is 6.23. The van der Waals surface area contributed by atoms with E-state index in [-0.39, 0.29) is 0 Å². The Bertz CT molecular complexity index is 717. The molecule has 1 aromatic heterocycles. The van der Waals surface area contributed by atoms with Crippen LogP contribution in [-0.2, 0) is 6.54 Å². The molecule has 0 saturated heterocycles. The van der Waals surface area contributed by atoms with Gasteiger partial charge in [0.05, 0.1) is 12.1 Å². The Kier molecular flexibility index (Phi) is 3.29. The zero-order chi connectivity index (χ0) is 14.4. The Morgan fingerprint density at radius 2 is 2.24 bits per heavy atom. The van der Waals surface area contributed by atoms with Crippen LogP contribution in [0.2, 0.25) is 0 Å². The highest BCUT2D eigenvalue weighted by molar-refractivity contribution is 7.71. The summed E-state index contributed by atoms with van der Waals surface area (Å²) in [7, 11) is 0. The van der Waals surface area contributed by atoms with Crippen LogP contribution >= 0.6 is 12.2 Å². The van der Waals surface area contributed by atoms with E-state index in [1.807, 2.05) is 13.0 Å². The number of benzene rings is 1. The molecule has 2 aromatic rings. The highest BCUT2D eigenvalue weighted by Crippen LogP contribution is 2.49. The molecular formula is C17H22N2OS. The Balaban J connectivity index is 1.70. The number of fused-ring (bicyclic) bond motifs is 3. The van der Waals surface area contributed by atoms with Crippen LogP contribution < -0.4 is 4.74 Å². The summed E-state index contributed by atoms with van der Waals surface area (Å²) >= 11 is 5.57. The number of imidazole rings is 1. The van der Waals surface area contributed by atoms with Gasteiger partial charge < -0.3 is 14.3 Å². The van der Waals surface area contributed by atoms with Crippen molar-refractivity contribution in [1.82, 2.24) is 9.55 Å². The number of hydrogen-bond acceptors (Lipinski definition) is 2. The SMILES string of the molecule is CCOc1cccc2c1[nH]c(=S)n2CC1CC2CCC1C2. The minimum Gasteiger partial charge on any atom is -0.492 e. The van der Waals surface area contributed by atoms with Gasteiger partial charge in [0.2, 0.25) is 0 Å². The first kappa shape index (κ1) is 13.4. The lowest BCUT2D eigenvalue weighted by atomic mass is 9.89. The second-order valence-electron chi connectivity index (χ2n) is 6.56. The number of H-pyrrole nitrogens is 1. The van der Waals surface area contributed by atoms with Gasteiger partial charge in [-0.25, -0.2) is 0 Å². The highest BCUT2D eigenvalue weighted by Gasteiger charge is 2.39. The van der Waals surface area contributed by atoms with Crippen LogP contribution in [0, 0.1) is 22.5 Å². The van der Waals surface area contributed by atoms with Crippen molar-refractivity contribution in [3.63, 3.8) is 0 Å². The minimum atomic E-state index is 0.678. The van der Waals surface area contributed by atoms with E-state index in [1.165, 1.54) is 31.2 Å². The molecule has 0 spiro atoms. The van der Waals surface area contributed by atoms with Crippen LogP contribution in [0.3, 0.4) is 0 Å². The van der Waals surface area contributed by atoms with Gasteiger partial charge in [-0.2, -0.15) is 0 Å². The fourth-order valence-corrected chi connectivity index (χ4v) is 4.72. The molecule has 2 fully saturated rings. The van der Waals surface area contributed by atoms with Crippen LogP contribution in [0.1, 0.15) is 32.6 Å². The van der Waals surface area contributed by atoms with Gasteiger partial charge >= 0.3 is 0 Å². The predicted octanol–water partition coefficient (Wildman–Crippen LogP) is 4.53. The summed E-state index contributed by atoms with van der Waals surface area (Å²) in [5.41, 5.74) is 2.24. The Morgan fingerprint density at radius 1 is 1.33 bits per heavy atom. The van der Waals surface area contributed by atoms with Crippen LogP contribution in [-0.4, -0.2) is 16.2 Å². The number of aromatic nitrogens is 2. The van der Waals surface area contributed by atoms with Crippen molar-refractivity contribution in [1.29, 1.82) is 0 Å². The fraction of sp³-hybridized carbons (Fsp3) is 0.588. The third-order valence-electron chi connectivity index (χ3n) is 5.37. The lowest BCUT2D eigenvalue weighted by Gasteiger charge is -2.22. The van der Waals surface area contributed by atoms with Crippen LogP contribution in [0.5, 0.6) is 5.75 Å². The van der Waals surface area contributed by atoms with Crippen molar-refractivity contribution in [3.05, 3.63) is 23.0 Å². The number of rotatable bonds is 4. The summed E-state index contributed by atoms with van der Waals surface area (Å²) in [5.74, 6) is 3.63. The van der Waals surface area contributed by atoms with Gasteiger partial charge in [0, 0.05) is 6.54 Å². The molecule has 2 aliphatic rings. The van der Waals surface area contributed by atoms with Crippen LogP contribution in [0.4, 0.5) is 0 Å². The Labute approximate surface area is 130 Å². The topological polar surface area (TPSA) is 29.9 Å². The summed E-state index contributed by atoms with van der Waals surface area (Å²) in [5, 5.41) is 0. The molecule has 112 valence electrons. The van der Waals surface area contributed by atoms with E-state index in [1.54, 1.807) is 0 Å². The number of hydrogen-bond donors (Lipinski definition) is 1. The largest absolute Gasteiger partial charge is 0.492 e. The van der Waals surface area contributed by atoms with E-state index < -0.39 is 0 Å². The first-order valence-electron chi connectivity index (χ1n) is 8.10. The second-order valence-corrected chi connectivity index (χ2v) is 6.95. The fourth-order valence-electron chi connectivity index (χ4n) is 4.45. The average molecular weight is 302 g/mol. The number of aromatic amines is 1. The average Bonchev–Trinajstić information content (AvgIpc) is 3.16. The molecule has 0 amide bonds. The molecule has 3 atom stereocenters. The number of ether oxygens (including phenoxy) is 1. The molecule has 1 heterocycles. The molecule has 2 aliphatic carbocycles. The maximum atomic E-state index is 5.72. The second kappa shape index (κ2) is 5.16. The van der Waals surface area contributed by atoms with Crippen molar-refractivity contribution >= 4 is 23.3 Å². The lowest BCUT2D eigenvalue weighted by Crippen LogP contribution is -2.17. The molecule has 3 unspecified atom stereocenters. The van der Waals surface area contributed by atoms with Gasteiger partial charge in [0.25, 0.3) is 0 Å². The zero-order valence-electron chi connectivity index (χ0n) is 12.5. The van der Waals surface area contributed by atoms with Gasteiger partial charge in [0.15, 0.2) is 4.77 Å². The first-order chi connectivity index (χ1) is 10.3. The zero-order valence-corrected chi connectivity index (χ0v) is 13.3. The molecule has 2 bridgehead atoms. The van der Waals surface area contributed by atoms with Gasteiger partial charge in [0.1, 0.15) is 11.3 Å². The summed E-state index contributed by atoms with van der Waals surface area (Å²) in [4.78, 5) is 3.35. The molecule has 3 nitrogen and oxygen atoms in total. The van der Waals surface area contributed by atoms with E-state index in [4.69, 9.17) is 17.0 Å². The van der Waals surface area contributed by atoms with Gasteiger partial charge in [-0.15, -0.1) is 0 Å². The van der Waals surface area contributed by atoms with E-state index >= 15 is 0 Å². The third-order valence-corrected chi connectivity index (χ3v) is 5.70. The maximum absolute atomic E-state index is 5.72. The number of para-hydroxylation sites is 1. The predicted molar refractivity (Wildman–Crippen MR) is 87.2 cm³/mol. The van der Waals surface area contributed by atoms with Crippen molar-refractivity contribution in [2.45, 2.75) is 39.2 Å². The monoisotopic (exact) mass is 302 g/mol. The number of nitrogens with one attached hydrogen (secondary N) is 1. The quantitative estimate of drug-likeness (QED) is 0.841. The first-order valence-corrected chi connectivity index (χ1v) is 8.51. The normalized spacial score (nSPS) is 27.6. The molecule has 1 aromatic carbocycles. The summed E-state index contributed by atoms with van der Waals surface area (Å²) < 4.78 is 8.84. The van der Waals surface area contributed by atoms with Crippen LogP contribution in [0.25, 0.3) is 11.0 Å². The molecule has 2 saturated carbocycles. The molecular weight excluding hydrogens is 280 g/mol. The van der Waals surface area contributed by atoms with Crippen molar-refractivity contribution in [2.75, 3.05) is 6.61 Å². The molecule has 0 radical (unpaired) electrons. The molecule has 1 N–H and O–H groups in total. The summed E-state index contributed by atoms with van der Waals surface area (Å²) in [6.45, 7) is 3.76. The number of nitrogens with zero attached hydrogens (tertiary/aromatic N) is 1. The Morgan fingerprint density at radius 3 is 2.95 bits per heavy atom. The van der Waals surface area contributed by atoms with Crippen LogP contribution in [0.15, 0.2) is 18.2 Å². The van der Waals surface area contributed by atoms with Gasteiger partial charge in [-0.1, -0.05) is 12.5 Å². The van der Waals surface area contributed by atoms with Crippen molar-refractivity contribution in [2.24, 2.45) is 17.8 Å². The maximum Gasteiger partial charge on any atom is 0.178 e. The van der Waals surface area contributed by atoms with Crippen molar-refractivity contribution in [3.8, 4) is 5.75 Å². The molecule has 21 heavy (non-hydrogen) atoms. The van der Waals surface area contributed by atoms with E-state index in [0.717, 1.165) is 40.3 Å². The third kappa shape index (κ3) is 2.20. The van der Waals surface area contributed by atoms with E-state index in [0.29, 0.717) is 6.61 Å². The van der Waals surface area contributed by atoms with Crippen molar-refractivity contribution < 1.29 is 4.74 Å². The smallest absolute Gasteiger partial charge is 0.178 e. The van der Waals surface area contributed by atoms with Gasteiger partial charge in [-0.05, 0) is 68.3 Å². The molecule has 0 aliphatic heterocycles. The minimum absolute atomic E-state index is 0.678. The molecule has 4 heteroatoms. The van der Waals surface area contributed by atoms with E-state index in [9.17, 15) is 0 Å². The van der Waals surface area contributed by atoms with E-state index in [2.05, 4.69) is 21.7 Å². The lowest BCUT2D eigenvalue weighted by molar-refractivity contribution is 0.297. The highest BCUT2D eigenvalue weighted by atomic mass is 32.1. The summed E-state index contributed by atoms with van der Waals surface area (Å²) in [6.07, 6.45) is 5.72. The van der Waals surface area contributed by atoms with Gasteiger partial charge in [-0.3, -0.25) is 0 Å². The Hall–Kier alpha value is -1.29. The molecule has 4 rings (SSSR count). The standard InChI is InChI=1S/C17H22N2OS/c1-2-20-15-5-3-4-14-16(15)18-17(21)19(14)10-13-9-11-6-7-12(13)8-11/h3-5,11-13H,2,6-10H2,1H3,(H,18,21).